The van der Waals surface area contributed by atoms with Gasteiger partial charge in [0.05, 0.1) is 12.6 Å². The minimum absolute atomic E-state index is 0. The number of ether oxygens (including phenoxy) is 1. The van der Waals surface area contributed by atoms with Gasteiger partial charge in [-0.2, -0.15) is 0 Å². The molecule has 0 spiro atoms. The van der Waals surface area contributed by atoms with Gasteiger partial charge < -0.3 is 30.5 Å². The molecule has 5 N–H and O–H groups in total. The van der Waals surface area contributed by atoms with Gasteiger partial charge in [-0.15, -0.1) is 12.4 Å². The molecule has 2 aliphatic rings. The van der Waals surface area contributed by atoms with E-state index in [-0.39, 0.29) is 18.4 Å². The second-order valence-electron chi connectivity index (χ2n) is 8.83. The molecule has 1 fully saturated rings. The summed E-state index contributed by atoms with van der Waals surface area (Å²) in [7, 11) is 0. The van der Waals surface area contributed by atoms with E-state index in [9.17, 15) is 20.4 Å². The second-order valence-corrected chi connectivity index (χ2v) is 8.83. The van der Waals surface area contributed by atoms with Crippen LogP contribution >= 0.6 is 12.4 Å². The number of aliphatic hydroxyl groups excluding tert-OH is 4. The Kier molecular flexibility index (Phi) is 7.70. The predicted octanol–water partition coefficient (Wildman–Crippen LogP) is 2.53. The number of benzene rings is 3. The van der Waals surface area contributed by atoms with E-state index in [2.05, 4.69) is 41.7 Å². The second kappa shape index (κ2) is 10.5. The molecule has 6 atom stereocenters. The Bertz CT molecular complexity index is 1090. The van der Waals surface area contributed by atoms with Gasteiger partial charge in [-0.25, -0.2) is 0 Å². The molecular formula is C27H30ClNO5. The van der Waals surface area contributed by atoms with E-state index in [1.165, 1.54) is 11.1 Å². The Labute approximate surface area is 205 Å². The van der Waals surface area contributed by atoms with Crippen molar-refractivity contribution in [1.29, 1.82) is 0 Å². The van der Waals surface area contributed by atoms with Crippen LogP contribution in [-0.2, 0) is 11.2 Å². The fraction of sp³-hybridized carbons (Fsp3) is 0.333. The fourth-order valence-electron chi connectivity index (χ4n) is 4.92. The van der Waals surface area contributed by atoms with Crippen molar-refractivity contribution in [3.63, 3.8) is 0 Å². The highest BCUT2D eigenvalue weighted by molar-refractivity contribution is 5.85. The monoisotopic (exact) mass is 483 g/mol. The highest BCUT2D eigenvalue weighted by Gasteiger charge is 2.44. The van der Waals surface area contributed by atoms with Crippen molar-refractivity contribution in [2.24, 2.45) is 0 Å². The number of rotatable bonds is 4. The van der Waals surface area contributed by atoms with Gasteiger partial charge >= 0.3 is 0 Å². The lowest BCUT2D eigenvalue weighted by atomic mass is 9.85. The van der Waals surface area contributed by atoms with Crippen molar-refractivity contribution < 1.29 is 25.2 Å². The van der Waals surface area contributed by atoms with E-state index >= 15 is 0 Å². The number of aliphatic hydroxyl groups is 4. The van der Waals surface area contributed by atoms with Crippen molar-refractivity contribution >= 4 is 12.4 Å². The van der Waals surface area contributed by atoms with Gasteiger partial charge in [-0.3, -0.25) is 0 Å². The molecule has 0 amide bonds. The molecule has 3 aromatic carbocycles. The van der Waals surface area contributed by atoms with Crippen LogP contribution in [0.5, 0.6) is 0 Å². The SMILES string of the molecule is Cl.OC[C@H]1O[C@@H](c2ccc3c(c2)[C@H](c2ccc(-c4ccccc4)cc2)NCC3)[C@H](O)[C@@H](O)[C@@H]1O. The lowest BCUT2D eigenvalue weighted by Crippen LogP contribution is -2.55. The topological polar surface area (TPSA) is 102 Å². The third kappa shape index (κ3) is 4.63. The summed E-state index contributed by atoms with van der Waals surface area (Å²) in [6.45, 7) is 0.418. The maximum absolute atomic E-state index is 10.6. The summed E-state index contributed by atoms with van der Waals surface area (Å²) in [5, 5.41) is 44.0. The van der Waals surface area contributed by atoms with Crippen molar-refractivity contribution in [3.8, 4) is 11.1 Å². The first-order valence-electron chi connectivity index (χ1n) is 11.4. The van der Waals surface area contributed by atoms with Crippen LogP contribution in [0, 0.1) is 0 Å². The van der Waals surface area contributed by atoms with Crippen molar-refractivity contribution in [3.05, 3.63) is 95.1 Å². The van der Waals surface area contributed by atoms with E-state index in [0.29, 0.717) is 5.56 Å². The standard InChI is InChI=1S/C27H29NO5.ClH/c29-15-22-24(30)25(31)26(32)27(33-22)20-11-8-18-12-13-28-23(21(18)14-20)19-9-6-17(7-10-19)16-4-2-1-3-5-16;/h1-11,14,22-32H,12-13,15H2;1H/t22-,23+,24-,25+,26-,27+;/m1./s1. The number of fused-ring (bicyclic) bond motifs is 1. The maximum atomic E-state index is 10.6. The third-order valence-electron chi connectivity index (χ3n) is 6.80. The highest BCUT2D eigenvalue weighted by atomic mass is 35.5. The minimum atomic E-state index is -1.39. The largest absolute Gasteiger partial charge is 0.394 e. The van der Waals surface area contributed by atoms with Crippen LogP contribution in [0.3, 0.4) is 0 Å². The van der Waals surface area contributed by atoms with Crippen LogP contribution < -0.4 is 5.32 Å². The average Bonchev–Trinajstić information content (AvgIpc) is 2.87. The molecule has 2 aliphatic heterocycles. The van der Waals surface area contributed by atoms with E-state index in [1.807, 2.05) is 36.4 Å². The molecular weight excluding hydrogens is 454 g/mol. The molecule has 6 nitrogen and oxygen atoms in total. The van der Waals surface area contributed by atoms with E-state index < -0.39 is 37.1 Å². The highest BCUT2D eigenvalue weighted by Crippen LogP contribution is 2.36. The number of halogens is 1. The molecule has 5 rings (SSSR count). The summed E-state index contributed by atoms with van der Waals surface area (Å²) >= 11 is 0. The van der Waals surface area contributed by atoms with Crippen LogP contribution in [0.2, 0.25) is 0 Å². The first-order valence-corrected chi connectivity index (χ1v) is 11.4. The number of nitrogens with one attached hydrogen (secondary N) is 1. The molecule has 0 unspecified atom stereocenters. The molecule has 34 heavy (non-hydrogen) atoms. The summed E-state index contributed by atoms with van der Waals surface area (Å²) in [5.41, 5.74) is 6.50. The molecule has 2 heterocycles. The lowest BCUT2D eigenvalue weighted by molar-refractivity contribution is -0.231. The Hall–Kier alpha value is -2.29. The summed E-state index contributed by atoms with van der Waals surface area (Å²) in [5.74, 6) is 0. The Morgan fingerprint density at radius 1 is 0.794 bits per heavy atom. The van der Waals surface area contributed by atoms with Crippen LogP contribution in [0.25, 0.3) is 11.1 Å². The Morgan fingerprint density at radius 2 is 1.47 bits per heavy atom. The van der Waals surface area contributed by atoms with Crippen molar-refractivity contribution in [2.45, 2.75) is 43.0 Å². The molecule has 1 saturated heterocycles. The minimum Gasteiger partial charge on any atom is -0.394 e. The summed E-state index contributed by atoms with van der Waals surface area (Å²) in [4.78, 5) is 0. The smallest absolute Gasteiger partial charge is 0.113 e. The zero-order valence-corrected chi connectivity index (χ0v) is 19.4. The molecule has 0 aliphatic carbocycles. The lowest BCUT2D eigenvalue weighted by Gasteiger charge is -2.40. The first kappa shape index (κ1) is 24.8. The fourth-order valence-corrected chi connectivity index (χ4v) is 4.92. The van der Waals surface area contributed by atoms with Gasteiger partial charge in [0, 0.05) is 6.54 Å². The number of hydrogen-bond donors (Lipinski definition) is 5. The molecule has 0 bridgehead atoms. The molecule has 0 saturated carbocycles. The van der Waals surface area contributed by atoms with E-state index in [4.69, 9.17) is 4.74 Å². The van der Waals surface area contributed by atoms with Gasteiger partial charge in [-0.1, -0.05) is 72.8 Å². The van der Waals surface area contributed by atoms with Gasteiger partial charge in [0.2, 0.25) is 0 Å². The van der Waals surface area contributed by atoms with Crippen molar-refractivity contribution in [2.75, 3.05) is 13.2 Å². The van der Waals surface area contributed by atoms with Crippen LogP contribution in [-0.4, -0.2) is 58.0 Å². The normalized spacial score (nSPS) is 28.6. The average molecular weight is 484 g/mol. The van der Waals surface area contributed by atoms with E-state index in [0.717, 1.165) is 29.7 Å². The maximum Gasteiger partial charge on any atom is 0.113 e. The van der Waals surface area contributed by atoms with E-state index in [1.54, 1.807) is 0 Å². The Morgan fingerprint density at radius 3 is 2.18 bits per heavy atom. The molecule has 3 aromatic rings. The molecule has 0 radical (unpaired) electrons. The summed E-state index contributed by atoms with van der Waals surface area (Å²) in [6, 6.07) is 24.7. The molecule has 180 valence electrons. The van der Waals surface area contributed by atoms with Gasteiger partial charge in [-0.05, 0) is 39.8 Å². The van der Waals surface area contributed by atoms with Crippen LogP contribution in [0.4, 0.5) is 0 Å². The van der Waals surface area contributed by atoms with Gasteiger partial charge in [0.15, 0.2) is 0 Å². The van der Waals surface area contributed by atoms with Crippen LogP contribution in [0.15, 0.2) is 72.8 Å². The quantitative estimate of drug-likeness (QED) is 0.391. The van der Waals surface area contributed by atoms with Crippen molar-refractivity contribution in [1.82, 2.24) is 5.32 Å². The Balaban J connectivity index is 0.00000274. The summed E-state index contributed by atoms with van der Waals surface area (Å²) in [6.07, 6.45) is -4.92. The molecule has 7 heteroatoms. The summed E-state index contributed by atoms with van der Waals surface area (Å²) < 4.78 is 5.78. The number of hydrogen-bond acceptors (Lipinski definition) is 6. The van der Waals surface area contributed by atoms with Gasteiger partial charge in [0.25, 0.3) is 0 Å². The van der Waals surface area contributed by atoms with Gasteiger partial charge in [0.1, 0.15) is 30.5 Å². The predicted molar refractivity (Wildman–Crippen MR) is 132 cm³/mol. The van der Waals surface area contributed by atoms with Crippen LogP contribution in [0.1, 0.15) is 34.4 Å². The molecule has 0 aromatic heterocycles. The first-order chi connectivity index (χ1) is 16.1. The zero-order valence-electron chi connectivity index (χ0n) is 18.6. The third-order valence-corrected chi connectivity index (χ3v) is 6.80. The zero-order chi connectivity index (χ0) is 22.9.